The van der Waals surface area contributed by atoms with E-state index in [2.05, 4.69) is 50.6 Å². The maximum Gasteiger partial charge on any atom is 0.346 e. The van der Waals surface area contributed by atoms with Crippen LogP contribution in [0.2, 0.25) is 0 Å². The summed E-state index contributed by atoms with van der Waals surface area (Å²) in [6.07, 6.45) is 0. The number of carbonyl (C=O) groups excluding carboxylic acids is 2. The standard InChI is InChI=1S/C19H18O3/c1-11-5-6-13(9-12(11)2)19(3,4)14-7-8-15-16(10-14)18(21)22-17(15)20/h5-10H,1-4H3. The topological polar surface area (TPSA) is 43.4 Å². The highest BCUT2D eigenvalue weighted by Gasteiger charge is 2.32. The van der Waals surface area contributed by atoms with Gasteiger partial charge in [0.25, 0.3) is 0 Å². The lowest BCUT2D eigenvalue weighted by molar-refractivity contribution is 0.0444. The van der Waals surface area contributed by atoms with Gasteiger partial charge in [-0.2, -0.15) is 0 Å². The summed E-state index contributed by atoms with van der Waals surface area (Å²) in [5, 5.41) is 0. The molecule has 0 N–H and O–H groups in total. The third-order valence-corrected chi connectivity index (χ3v) is 4.60. The van der Waals surface area contributed by atoms with Crippen molar-refractivity contribution < 1.29 is 14.3 Å². The van der Waals surface area contributed by atoms with E-state index in [1.54, 1.807) is 12.1 Å². The second kappa shape index (κ2) is 4.80. The van der Waals surface area contributed by atoms with Gasteiger partial charge in [0, 0.05) is 5.41 Å². The largest absolute Gasteiger partial charge is 0.386 e. The number of fused-ring (bicyclic) bond motifs is 1. The van der Waals surface area contributed by atoms with Gasteiger partial charge in [-0.05, 0) is 48.2 Å². The lowest BCUT2D eigenvalue weighted by Gasteiger charge is -2.27. The Morgan fingerprint density at radius 3 is 2.05 bits per heavy atom. The molecule has 0 radical (unpaired) electrons. The zero-order valence-corrected chi connectivity index (χ0v) is 13.2. The lowest BCUT2D eigenvalue weighted by atomic mass is 9.76. The van der Waals surface area contributed by atoms with Crippen LogP contribution in [0.15, 0.2) is 36.4 Å². The number of hydrogen-bond donors (Lipinski definition) is 0. The molecule has 1 aliphatic rings. The summed E-state index contributed by atoms with van der Waals surface area (Å²) in [5.74, 6) is -1.12. The maximum atomic E-state index is 11.7. The molecule has 0 aromatic heterocycles. The second-order valence-electron chi connectivity index (χ2n) is 6.36. The van der Waals surface area contributed by atoms with E-state index in [0.717, 1.165) is 5.56 Å². The fraction of sp³-hybridized carbons (Fsp3) is 0.263. The number of aryl methyl sites for hydroxylation is 2. The van der Waals surface area contributed by atoms with E-state index in [-0.39, 0.29) is 5.41 Å². The number of rotatable bonds is 2. The van der Waals surface area contributed by atoms with E-state index >= 15 is 0 Å². The predicted octanol–water partition coefficient (Wildman–Crippen LogP) is 3.94. The molecule has 0 saturated carbocycles. The molecule has 0 spiro atoms. The molecule has 112 valence electrons. The number of hydrogen-bond acceptors (Lipinski definition) is 3. The van der Waals surface area contributed by atoms with Gasteiger partial charge >= 0.3 is 11.9 Å². The molecule has 0 amide bonds. The van der Waals surface area contributed by atoms with Crippen LogP contribution in [0.1, 0.15) is 56.8 Å². The Morgan fingerprint density at radius 2 is 1.36 bits per heavy atom. The molecule has 0 unspecified atom stereocenters. The van der Waals surface area contributed by atoms with Crippen molar-refractivity contribution in [2.75, 3.05) is 0 Å². The highest BCUT2D eigenvalue weighted by molar-refractivity contribution is 6.14. The van der Waals surface area contributed by atoms with Crippen LogP contribution < -0.4 is 0 Å². The van der Waals surface area contributed by atoms with E-state index < -0.39 is 11.9 Å². The molecule has 1 heterocycles. The van der Waals surface area contributed by atoms with Crippen molar-refractivity contribution in [1.82, 2.24) is 0 Å². The SMILES string of the molecule is Cc1ccc(C(C)(C)c2ccc3c(c2)C(=O)OC3=O)cc1C. The van der Waals surface area contributed by atoms with Crippen LogP contribution in [0.5, 0.6) is 0 Å². The molecule has 2 aromatic rings. The summed E-state index contributed by atoms with van der Waals surface area (Å²) in [6, 6.07) is 11.7. The van der Waals surface area contributed by atoms with Crippen LogP contribution in [-0.2, 0) is 10.2 Å². The molecule has 22 heavy (non-hydrogen) atoms. The molecular formula is C19H18O3. The average molecular weight is 294 g/mol. The van der Waals surface area contributed by atoms with Crippen LogP contribution in [-0.4, -0.2) is 11.9 Å². The fourth-order valence-electron chi connectivity index (χ4n) is 2.77. The third-order valence-electron chi connectivity index (χ3n) is 4.60. The Labute approximate surface area is 129 Å². The highest BCUT2D eigenvalue weighted by Crippen LogP contribution is 2.34. The van der Waals surface area contributed by atoms with E-state index in [0.29, 0.717) is 11.1 Å². The maximum absolute atomic E-state index is 11.7. The first-order chi connectivity index (χ1) is 10.3. The molecule has 0 atom stereocenters. The van der Waals surface area contributed by atoms with Crippen molar-refractivity contribution in [2.45, 2.75) is 33.1 Å². The third kappa shape index (κ3) is 2.13. The van der Waals surface area contributed by atoms with Crippen molar-refractivity contribution in [3.63, 3.8) is 0 Å². The summed E-state index contributed by atoms with van der Waals surface area (Å²) >= 11 is 0. The first-order valence-corrected chi connectivity index (χ1v) is 7.29. The van der Waals surface area contributed by atoms with Crippen molar-refractivity contribution in [2.24, 2.45) is 0 Å². The minimum absolute atomic E-state index is 0.264. The molecule has 0 bridgehead atoms. The zero-order chi connectivity index (χ0) is 16.1. The normalized spacial score (nSPS) is 14.0. The monoisotopic (exact) mass is 294 g/mol. The van der Waals surface area contributed by atoms with Crippen LogP contribution >= 0.6 is 0 Å². The quantitative estimate of drug-likeness (QED) is 0.622. The van der Waals surface area contributed by atoms with E-state index in [9.17, 15) is 9.59 Å². The lowest BCUT2D eigenvalue weighted by Crippen LogP contribution is -2.19. The van der Waals surface area contributed by atoms with E-state index in [1.165, 1.54) is 16.7 Å². The molecular weight excluding hydrogens is 276 g/mol. The molecule has 3 heteroatoms. The number of benzene rings is 2. The summed E-state index contributed by atoms with van der Waals surface area (Å²) in [7, 11) is 0. The number of cyclic esters (lactones) is 2. The summed E-state index contributed by atoms with van der Waals surface area (Å²) < 4.78 is 4.66. The first-order valence-electron chi connectivity index (χ1n) is 7.29. The highest BCUT2D eigenvalue weighted by atomic mass is 16.6. The van der Waals surface area contributed by atoms with Gasteiger partial charge < -0.3 is 4.74 Å². The van der Waals surface area contributed by atoms with Gasteiger partial charge in [-0.1, -0.05) is 38.1 Å². The Hall–Kier alpha value is -2.42. The summed E-state index contributed by atoms with van der Waals surface area (Å²) in [5.41, 5.74) is 5.10. The van der Waals surface area contributed by atoms with Gasteiger partial charge in [0.15, 0.2) is 0 Å². The Morgan fingerprint density at radius 1 is 0.773 bits per heavy atom. The molecule has 3 nitrogen and oxygen atoms in total. The number of carbonyl (C=O) groups is 2. The van der Waals surface area contributed by atoms with Gasteiger partial charge in [0.2, 0.25) is 0 Å². The van der Waals surface area contributed by atoms with Gasteiger partial charge in [-0.25, -0.2) is 9.59 Å². The van der Waals surface area contributed by atoms with Crippen LogP contribution in [0, 0.1) is 13.8 Å². The van der Waals surface area contributed by atoms with Gasteiger partial charge in [0.1, 0.15) is 0 Å². The van der Waals surface area contributed by atoms with Gasteiger partial charge in [-0.3, -0.25) is 0 Å². The van der Waals surface area contributed by atoms with Gasteiger partial charge in [0.05, 0.1) is 11.1 Å². The second-order valence-corrected chi connectivity index (χ2v) is 6.36. The van der Waals surface area contributed by atoms with Crippen molar-refractivity contribution in [3.8, 4) is 0 Å². The van der Waals surface area contributed by atoms with E-state index in [1.807, 2.05) is 6.07 Å². The molecule has 2 aromatic carbocycles. The minimum atomic E-state index is -0.560. The molecule has 0 aliphatic carbocycles. The van der Waals surface area contributed by atoms with Crippen molar-refractivity contribution in [1.29, 1.82) is 0 Å². The Bertz CT molecular complexity index is 800. The van der Waals surface area contributed by atoms with Gasteiger partial charge in [-0.15, -0.1) is 0 Å². The van der Waals surface area contributed by atoms with Crippen LogP contribution in [0.3, 0.4) is 0 Å². The molecule has 3 rings (SSSR count). The predicted molar refractivity (Wildman–Crippen MR) is 84.2 cm³/mol. The first kappa shape index (κ1) is 14.5. The van der Waals surface area contributed by atoms with Crippen LogP contribution in [0.4, 0.5) is 0 Å². The number of ether oxygens (including phenoxy) is 1. The number of esters is 2. The van der Waals surface area contributed by atoms with Crippen LogP contribution in [0.25, 0.3) is 0 Å². The minimum Gasteiger partial charge on any atom is -0.386 e. The Kier molecular flexibility index (Phi) is 3.17. The zero-order valence-electron chi connectivity index (χ0n) is 13.2. The smallest absolute Gasteiger partial charge is 0.346 e. The molecule has 0 saturated heterocycles. The van der Waals surface area contributed by atoms with Crippen molar-refractivity contribution in [3.05, 3.63) is 69.8 Å². The van der Waals surface area contributed by atoms with E-state index in [4.69, 9.17) is 0 Å². The fourth-order valence-corrected chi connectivity index (χ4v) is 2.77. The molecule has 1 aliphatic heterocycles. The summed E-state index contributed by atoms with van der Waals surface area (Å²) in [4.78, 5) is 23.3. The van der Waals surface area contributed by atoms with Crippen molar-refractivity contribution >= 4 is 11.9 Å². The summed E-state index contributed by atoms with van der Waals surface area (Å²) in [6.45, 7) is 8.40. The molecule has 0 fully saturated rings. The average Bonchev–Trinajstić information content (AvgIpc) is 2.76. The Balaban J connectivity index is 2.10.